The fourth-order valence-corrected chi connectivity index (χ4v) is 1.60. The van der Waals surface area contributed by atoms with Crippen LogP contribution in [0.4, 0.5) is 0 Å². The molecule has 1 aromatic carbocycles. The van der Waals surface area contributed by atoms with Crippen molar-refractivity contribution in [3.8, 4) is 5.75 Å². The quantitative estimate of drug-likeness (QED) is 0.873. The second-order valence-electron chi connectivity index (χ2n) is 2.99. The largest absolute Gasteiger partial charge is 0.506 e. The number of hydrogen-bond donors (Lipinski definition) is 2. The minimum atomic E-state index is -0.806. The summed E-state index contributed by atoms with van der Waals surface area (Å²) in [5.41, 5.74) is 0.778. The van der Waals surface area contributed by atoms with Crippen LogP contribution in [-0.2, 0) is 11.2 Å². The molecular weight excluding hydrogens is 248 g/mol. The number of hydrogen-bond acceptors (Lipinski definition) is 2. The monoisotopic (exact) mass is 258 g/mol. The van der Waals surface area contributed by atoms with E-state index in [4.69, 9.17) is 5.11 Å². The van der Waals surface area contributed by atoms with Crippen LogP contribution in [0.2, 0.25) is 0 Å². The van der Waals surface area contributed by atoms with Crippen LogP contribution >= 0.6 is 15.9 Å². The van der Waals surface area contributed by atoms with Gasteiger partial charge >= 0.3 is 5.97 Å². The summed E-state index contributed by atoms with van der Waals surface area (Å²) in [6.45, 7) is 0. The topological polar surface area (TPSA) is 57.5 Å². The lowest BCUT2D eigenvalue weighted by molar-refractivity contribution is -0.137. The molecule has 0 saturated heterocycles. The van der Waals surface area contributed by atoms with E-state index in [9.17, 15) is 9.90 Å². The van der Waals surface area contributed by atoms with E-state index in [0.717, 1.165) is 5.56 Å². The van der Waals surface area contributed by atoms with Gasteiger partial charge in [-0.15, -0.1) is 0 Å². The van der Waals surface area contributed by atoms with E-state index in [2.05, 4.69) is 15.9 Å². The number of benzene rings is 1. The summed E-state index contributed by atoms with van der Waals surface area (Å²) in [5, 5.41) is 18.0. The van der Waals surface area contributed by atoms with Gasteiger partial charge in [0, 0.05) is 6.42 Å². The highest BCUT2D eigenvalue weighted by Gasteiger charge is 2.05. The number of phenolic OH excluding ortho intramolecular Hbond substituents is 1. The first-order valence-corrected chi connectivity index (χ1v) is 5.08. The van der Waals surface area contributed by atoms with Crippen LogP contribution in [0.25, 0.3) is 0 Å². The van der Waals surface area contributed by atoms with Gasteiger partial charge in [-0.25, -0.2) is 0 Å². The van der Waals surface area contributed by atoms with Gasteiger partial charge in [-0.3, -0.25) is 4.79 Å². The molecule has 0 spiro atoms. The Morgan fingerprint density at radius 2 is 2.14 bits per heavy atom. The molecule has 0 aromatic heterocycles. The molecule has 0 aliphatic heterocycles. The molecule has 0 heterocycles. The molecule has 2 N–H and O–H groups in total. The molecule has 0 amide bonds. The van der Waals surface area contributed by atoms with E-state index in [1.807, 2.05) is 6.07 Å². The predicted octanol–water partition coefficient (Wildman–Crippen LogP) is 2.56. The Balaban J connectivity index is 2.59. The van der Waals surface area contributed by atoms with Gasteiger partial charge in [-0.2, -0.15) is 0 Å². The van der Waals surface area contributed by atoms with Gasteiger partial charge in [-0.05, 0) is 40.4 Å². The molecule has 0 saturated carbocycles. The molecule has 1 rings (SSSR count). The van der Waals surface area contributed by atoms with Gasteiger partial charge in [0.15, 0.2) is 0 Å². The molecule has 0 fully saturated rings. The van der Waals surface area contributed by atoms with E-state index >= 15 is 0 Å². The van der Waals surface area contributed by atoms with Crippen molar-refractivity contribution in [1.82, 2.24) is 0 Å². The van der Waals surface area contributed by atoms with Gasteiger partial charge < -0.3 is 10.2 Å². The summed E-state index contributed by atoms with van der Waals surface area (Å²) < 4.78 is 0.644. The van der Waals surface area contributed by atoms with E-state index < -0.39 is 5.97 Å². The summed E-state index contributed by atoms with van der Waals surface area (Å²) >= 11 is 3.20. The van der Waals surface area contributed by atoms with Crippen molar-refractivity contribution >= 4 is 21.9 Å². The van der Waals surface area contributed by atoms with Gasteiger partial charge in [0.05, 0.1) is 4.47 Å². The lowest BCUT2D eigenvalue weighted by atomic mass is 10.1. The normalized spacial score (nSPS) is 10.1. The minimum Gasteiger partial charge on any atom is -0.506 e. The van der Waals surface area contributed by atoms with Crippen molar-refractivity contribution in [2.45, 2.75) is 19.3 Å². The first kappa shape index (κ1) is 11.0. The van der Waals surface area contributed by atoms with Crippen LogP contribution < -0.4 is 0 Å². The maximum Gasteiger partial charge on any atom is 0.303 e. The zero-order valence-corrected chi connectivity index (χ0v) is 9.12. The molecule has 0 aliphatic carbocycles. The third kappa shape index (κ3) is 3.03. The SMILES string of the molecule is O=C(O)CCCc1cccc(Br)c1O. The Bertz CT molecular complexity index is 336. The zero-order valence-electron chi connectivity index (χ0n) is 7.53. The minimum absolute atomic E-state index is 0.131. The smallest absolute Gasteiger partial charge is 0.303 e. The van der Waals surface area contributed by atoms with Crippen LogP contribution in [0.5, 0.6) is 5.75 Å². The molecule has 0 aliphatic rings. The van der Waals surface area contributed by atoms with Crippen LogP contribution in [0, 0.1) is 0 Å². The first-order chi connectivity index (χ1) is 6.61. The number of carbonyl (C=O) groups is 1. The Morgan fingerprint density at radius 3 is 2.79 bits per heavy atom. The van der Waals surface area contributed by atoms with Crippen LogP contribution in [0.3, 0.4) is 0 Å². The van der Waals surface area contributed by atoms with E-state index in [1.54, 1.807) is 12.1 Å². The highest BCUT2D eigenvalue weighted by molar-refractivity contribution is 9.10. The molecule has 4 heteroatoms. The third-order valence-corrected chi connectivity index (χ3v) is 2.55. The van der Waals surface area contributed by atoms with E-state index in [-0.39, 0.29) is 12.2 Å². The number of rotatable bonds is 4. The predicted molar refractivity (Wildman–Crippen MR) is 56.4 cm³/mol. The van der Waals surface area contributed by atoms with Crippen LogP contribution in [-0.4, -0.2) is 16.2 Å². The number of carboxylic acids is 1. The van der Waals surface area contributed by atoms with Crippen molar-refractivity contribution in [1.29, 1.82) is 0 Å². The molecule has 0 radical (unpaired) electrons. The average Bonchev–Trinajstić information content (AvgIpc) is 2.12. The standard InChI is InChI=1S/C10H11BrO3/c11-8-5-1-3-7(10(8)14)4-2-6-9(12)13/h1,3,5,14H,2,4,6H2,(H,12,13). The molecular formula is C10H11BrO3. The number of para-hydroxylation sites is 1. The highest BCUT2D eigenvalue weighted by atomic mass is 79.9. The molecule has 0 unspecified atom stereocenters. The number of phenols is 1. The van der Waals surface area contributed by atoms with Gasteiger partial charge in [0.1, 0.15) is 5.75 Å². The molecule has 14 heavy (non-hydrogen) atoms. The fraction of sp³-hybridized carbons (Fsp3) is 0.300. The summed E-state index contributed by atoms with van der Waals surface area (Å²) in [6, 6.07) is 5.36. The summed E-state index contributed by atoms with van der Waals surface area (Å²) in [4.78, 5) is 10.3. The fourth-order valence-electron chi connectivity index (χ4n) is 1.19. The summed E-state index contributed by atoms with van der Waals surface area (Å²) in [5.74, 6) is -0.600. The second-order valence-corrected chi connectivity index (χ2v) is 3.85. The summed E-state index contributed by atoms with van der Waals surface area (Å²) in [7, 11) is 0. The number of aromatic hydroxyl groups is 1. The van der Waals surface area contributed by atoms with Gasteiger partial charge in [0.25, 0.3) is 0 Å². The summed E-state index contributed by atoms with van der Waals surface area (Å²) in [6.07, 6.45) is 1.25. The average molecular weight is 259 g/mol. The van der Waals surface area contributed by atoms with E-state index in [1.165, 1.54) is 0 Å². The number of aryl methyl sites for hydroxylation is 1. The Kier molecular flexibility index (Phi) is 3.95. The number of carboxylic acid groups (broad SMARTS) is 1. The van der Waals surface area contributed by atoms with E-state index in [0.29, 0.717) is 17.3 Å². The Hall–Kier alpha value is -1.03. The molecule has 76 valence electrons. The van der Waals surface area contributed by atoms with Gasteiger partial charge in [-0.1, -0.05) is 12.1 Å². The van der Waals surface area contributed by atoms with Crippen molar-refractivity contribution < 1.29 is 15.0 Å². The van der Waals surface area contributed by atoms with Crippen LogP contribution in [0.1, 0.15) is 18.4 Å². The van der Waals surface area contributed by atoms with Crippen molar-refractivity contribution in [2.75, 3.05) is 0 Å². The third-order valence-electron chi connectivity index (χ3n) is 1.91. The van der Waals surface area contributed by atoms with Crippen LogP contribution in [0.15, 0.2) is 22.7 Å². The highest BCUT2D eigenvalue weighted by Crippen LogP contribution is 2.28. The maximum atomic E-state index is 10.3. The first-order valence-electron chi connectivity index (χ1n) is 4.29. The molecule has 0 atom stereocenters. The second kappa shape index (κ2) is 5.00. The van der Waals surface area contributed by atoms with Gasteiger partial charge in [0.2, 0.25) is 0 Å². The Morgan fingerprint density at radius 1 is 1.43 bits per heavy atom. The van der Waals surface area contributed by atoms with Crippen molar-refractivity contribution in [3.05, 3.63) is 28.2 Å². The Labute approximate surface area is 90.5 Å². The molecule has 3 nitrogen and oxygen atoms in total. The lowest BCUT2D eigenvalue weighted by Gasteiger charge is -2.04. The lowest BCUT2D eigenvalue weighted by Crippen LogP contribution is -1.96. The van der Waals surface area contributed by atoms with Crippen molar-refractivity contribution in [3.63, 3.8) is 0 Å². The maximum absolute atomic E-state index is 10.3. The molecule has 0 bridgehead atoms. The zero-order chi connectivity index (χ0) is 10.6. The number of aliphatic carboxylic acids is 1. The van der Waals surface area contributed by atoms with Crippen molar-refractivity contribution in [2.24, 2.45) is 0 Å². The number of halogens is 1. The molecule has 1 aromatic rings.